The highest BCUT2D eigenvalue weighted by Gasteiger charge is 2.32. The van der Waals surface area contributed by atoms with E-state index in [9.17, 15) is 26.0 Å². The molecular weight excluding hydrogens is 529 g/mol. The Kier molecular flexibility index (Phi) is 6.58. The summed E-state index contributed by atoms with van der Waals surface area (Å²) in [5.74, 6) is -1.07. The number of nitrogens with zero attached hydrogens (tertiary/aromatic N) is 5. The normalized spacial score (nSPS) is 15.4. The Morgan fingerprint density at radius 2 is 1.66 bits per heavy atom. The quantitative estimate of drug-likeness (QED) is 0.326. The summed E-state index contributed by atoms with van der Waals surface area (Å²) in [5, 5.41) is 0.381. The van der Waals surface area contributed by atoms with Crippen molar-refractivity contribution in [1.29, 1.82) is 0 Å². The van der Waals surface area contributed by atoms with Crippen molar-refractivity contribution in [3.8, 4) is 0 Å². The first-order chi connectivity index (χ1) is 17.9. The van der Waals surface area contributed by atoms with Crippen molar-refractivity contribution in [2.75, 3.05) is 24.2 Å². The van der Waals surface area contributed by atoms with Gasteiger partial charge in [-0.3, -0.25) is 4.98 Å². The predicted molar refractivity (Wildman–Crippen MR) is 130 cm³/mol. The Morgan fingerprint density at radius 1 is 0.974 bits per heavy atom. The third-order valence-corrected chi connectivity index (χ3v) is 7.78. The van der Waals surface area contributed by atoms with Crippen LogP contribution in [0.2, 0.25) is 0 Å². The molecule has 5 rings (SSSR count). The maximum atomic E-state index is 15.0. The molecule has 0 N–H and O–H groups in total. The summed E-state index contributed by atoms with van der Waals surface area (Å²) in [6.07, 6.45) is 2.37. The van der Waals surface area contributed by atoms with Gasteiger partial charge in [-0.15, -0.1) is 0 Å². The van der Waals surface area contributed by atoms with Gasteiger partial charge < -0.3 is 9.47 Å². The largest absolute Gasteiger partial charge is 0.419 e. The number of piperidine rings is 1. The molecule has 0 amide bonds. The molecule has 1 saturated heterocycles. The van der Waals surface area contributed by atoms with Crippen molar-refractivity contribution in [1.82, 2.24) is 19.5 Å². The van der Waals surface area contributed by atoms with Crippen molar-refractivity contribution >= 4 is 26.7 Å². The number of anilines is 1. The lowest BCUT2D eigenvalue weighted by atomic mass is 9.90. The van der Waals surface area contributed by atoms with Gasteiger partial charge in [0, 0.05) is 49.5 Å². The number of fused-ring (bicyclic) bond motifs is 1. The Balaban J connectivity index is 1.28. The fourth-order valence-corrected chi connectivity index (χ4v) is 5.30. The van der Waals surface area contributed by atoms with Crippen LogP contribution in [-0.4, -0.2) is 47.3 Å². The van der Waals surface area contributed by atoms with Crippen LogP contribution in [0.15, 0.2) is 53.9 Å². The van der Waals surface area contributed by atoms with Crippen molar-refractivity contribution in [2.24, 2.45) is 0 Å². The van der Waals surface area contributed by atoms with Gasteiger partial charge in [0.2, 0.25) is 5.95 Å². The number of benzene rings is 1. The van der Waals surface area contributed by atoms with Gasteiger partial charge in [0.05, 0.1) is 28.2 Å². The molecule has 0 unspecified atom stereocenters. The summed E-state index contributed by atoms with van der Waals surface area (Å²) < 4.78 is 93.0. The highest BCUT2D eigenvalue weighted by atomic mass is 32.2. The molecule has 7 nitrogen and oxygen atoms in total. The van der Waals surface area contributed by atoms with Gasteiger partial charge in [-0.2, -0.15) is 13.2 Å². The second-order valence-electron chi connectivity index (χ2n) is 9.29. The minimum atomic E-state index is -4.50. The number of halogens is 5. The summed E-state index contributed by atoms with van der Waals surface area (Å²) in [5.41, 5.74) is 0.0432. The Bertz CT molecular complexity index is 1600. The van der Waals surface area contributed by atoms with Crippen molar-refractivity contribution in [3.05, 3.63) is 77.5 Å². The molecule has 0 aliphatic carbocycles. The third kappa shape index (κ3) is 5.19. The molecular formula is C25H22F5N5O2S. The zero-order valence-electron chi connectivity index (χ0n) is 20.1. The number of rotatable bonds is 5. The second kappa shape index (κ2) is 9.61. The maximum Gasteiger partial charge on any atom is 0.419 e. The van der Waals surface area contributed by atoms with Gasteiger partial charge >= 0.3 is 6.18 Å². The molecule has 38 heavy (non-hydrogen) atoms. The van der Waals surface area contributed by atoms with Gasteiger partial charge in [-0.1, -0.05) is 0 Å². The zero-order valence-corrected chi connectivity index (χ0v) is 20.9. The maximum absolute atomic E-state index is 15.0. The van der Waals surface area contributed by atoms with Crippen molar-refractivity contribution in [3.63, 3.8) is 0 Å². The van der Waals surface area contributed by atoms with Gasteiger partial charge in [0.1, 0.15) is 11.6 Å². The van der Waals surface area contributed by atoms with E-state index in [4.69, 9.17) is 0 Å². The smallest absolute Gasteiger partial charge is 0.341 e. The lowest BCUT2D eigenvalue weighted by Gasteiger charge is -2.32. The Morgan fingerprint density at radius 3 is 2.26 bits per heavy atom. The van der Waals surface area contributed by atoms with Crippen LogP contribution in [-0.2, 0) is 22.6 Å². The average molecular weight is 552 g/mol. The Hall–Kier alpha value is -3.61. The molecule has 13 heteroatoms. The van der Waals surface area contributed by atoms with Crippen molar-refractivity contribution in [2.45, 2.75) is 36.4 Å². The molecule has 1 fully saturated rings. The van der Waals surface area contributed by atoms with Crippen LogP contribution in [0.5, 0.6) is 0 Å². The number of pyridine rings is 1. The molecule has 3 aromatic heterocycles. The van der Waals surface area contributed by atoms with Gasteiger partial charge in [-0.25, -0.2) is 27.2 Å². The molecule has 0 spiro atoms. The van der Waals surface area contributed by atoms with Crippen LogP contribution in [0.4, 0.5) is 27.9 Å². The fraction of sp³-hybridized carbons (Fsp3) is 0.320. The molecule has 1 aliphatic heterocycles. The lowest BCUT2D eigenvalue weighted by Crippen LogP contribution is -2.34. The van der Waals surface area contributed by atoms with Gasteiger partial charge in [0.25, 0.3) is 0 Å². The molecule has 0 saturated carbocycles. The number of sulfone groups is 1. The Labute approximate surface area is 214 Å². The summed E-state index contributed by atoms with van der Waals surface area (Å²) in [7, 11) is -3.59. The van der Waals surface area contributed by atoms with E-state index in [1.807, 2.05) is 0 Å². The van der Waals surface area contributed by atoms with Crippen LogP contribution < -0.4 is 4.90 Å². The highest BCUT2D eigenvalue weighted by molar-refractivity contribution is 7.90. The highest BCUT2D eigenvalue weighted by Crippen LogP contribution is 2.32. The number of aromatic nitrogens is 4. The third-order valence-electron chi connectivity index (χ3n) is 6.69. The minimum Gasteiger partial charge on any atom is -0.341 e. The van der Waals surface area contributed by atoms with Gasteiger partial charge in [0.15, 0.2) is 9.84 Å². The first-order valence-electron chi connectivity index (χ1n) is 11.7. The first kappa shape index (κ1) is 26.0. The fourth-order valence-electron chi connectivity index (χ4n) is 4.64. The van der Waals surface area contributed by atoms with Crippen LogP contribution in [0.1, 0.15) is 35.6 Å². The SMILES string of the molecule is CS(=O)(=O)c1cc(F)c2c(ccn2Cc2ncc(C3CCN(c4ncc(C(F)(F)F)cn4)CC3)cc2F)c1. The summed E-state index contributed by atoms with van der Waals surface area (Å²) in [4.78, 5) is 13.6. The molecule has 4 aromatic rings. The van der Waals surface area contributed by atoms with Gasteiger partial charge in [-0.05, 0) is 48.6 Å². The van der Waals surface area contributed by atoms with Crippen LogP contribution in [0.3, 0.4) is 0 Å². The topological polar surface area (TPSA) is 81.0 Å². The van der Waals surface area contributed by atoms with E-state index in [-0.39, 0.29) is 34.5 Å². The summed E-state index contributed by atoms with van der Waals surface area (Å²) in [6, 6.07) is 5.29. The molecule has 0 atom stereocenters. The van der Waals surface area contributed by atoms with Crippen LogP contribution in [0.25, 0.3) is 10.9 Å². The van der Waals surface area contributed by atoms with E-state index in [1.165, 1.54) is 16.7 Å². The monoisotopic (exact) mass is 551 g/mol. The van der Waals surface area contributed by atoms with E-state index in [2.05, 4.69) is 15.0 Å². The minimum absolute atomic E-state index is 0.00369. The second-order valence-corrected chi connectivity index (χ2v) is 11.3. The molecule has 4 heterocycles. The summed E-state index contributed by atoms with van der Waals surface area (Å²) >= 11 is 0. The van der Waals surface area contributed by atoms with E-state index in [0.29, 0.717) is 36.9 Å². The van der Waals surface area contributed by atoms with E-state index in [0.717, 1.165) is 24.7 Å². The zero-order chi connectivity index (χ0) is 27.2. The average Bonchev–Trinajstić information content (AvgIpc) is 3.28. The summed E-state index contributed by atoms with van der Waals surface area (Å²) in [6.45, 7) is 0.932. The lowest BCUT2D eigenvalue weighted by molar-refractivity contribution is -0.138. The van der Waals surface area contributed by atoms with Crippen LogP contribution in [0, 0.1) is 11.6 Å². The van der Waals surface area contributed by atoms with E-state index in [1.54, 1.807) is 23.4 Å². The molecule has 0 radical (unpaired) electrons. The molecule has 200 valence electrons. The van der Waals surface area contributed by atoms with Crippen LogP contribution >= 0.6 is 0 Å². The number of hydrogen-bond donors (Lipinski definition) is 0. The van der Waals surface area contributed by atoms with Crippen molar-refractivity contribution < 1.29 is 30.4 Å². The molecule has 0 bridgehead atoms. The standard InChI is InChI=1S/C25H22F5N5O2S/c1-38(36,37)19-8-16-4-7-35(23(16)21(27)10-19)14-22-20(26)9-17(11-31-22)15-2-5-34(6-3-15)24-32-12-18(13-33-24)25(28,29)30/h4,7-13,15H,2-3,5-6,14H2,1H3. The van der Waals surface area contributed by atoms with E-state index < -0.39 is 33.2 Å². The predicted octanol–water partition coefficient (Wildman–Crippen LogP) is 4.96. The first-order valence-corrected chi connectivity index (χ1v) is 13.6. The molecule has 1 aliphatic rings. The molecule has 1 aromatic carbocycles. The number of alkyl halides is 3. The number of hydrogen-bond acceptors (Lipinski definition) is 6. The van der Waals surface area contributed by atoms with E-state index >= 15 is 4.39 Å².